The van der Waals surface area contributed by atoms with Crippen molar-refractivity contribution in [2.24, 2.45) is 0 Å². The van der Waals surface area contributed by atoms with Gasteiger partial charge in [0, 0.05) is 13.2 Å². The number of hydrogen-bond acceptors (Lipinski definition) is 6. The van der Waals surface area contributed by atoms with Crippen molar-refractivity contribution in [2.75, 3.05) is 13.2 Å². The Balaban J connectivity index is 2.59. The van der Waals surface area contributed by atoms with Crippen LogP contribution >= 0.6 is 0 Å². The average Bonchev–Trinajstić information content (AvgIpc) is 2.44. The molecule has 1 rings (SSSR count). The van der Waals surface area contributed by atoms with Gasteiger partial charge in [-0.1, -0.05) is 26.7 Å². The van der Waals surface area contributed by atoms with Crippen LogP contribution in [0.5, 0.6) is 0 Å². The summed E-state index contributed by atoms with van der Waals surface area (Å²) in [6.07, 6.45) is -3.62. The topological polar surface area (TPSA) is 99.4 Å². The number of aliphatic hydroxyl groups excluding tert-OH is 4. The van der Waals surface area contributed by atoms with E-state index in [0.717, 1.165) is 25.7 Å². The first kappa shape index (κ1) is 17.8. The normalized spacial score (nSPS) is 38.1. The fourth-order valence-corrected chi connectivity index (χ4v) is 2.30. The summed E-state index contributed by atoms with van der Waals surface area (Å²) in [6.45, 7) is 4.74. The first-order chi connectivity index (χ1) is 9.54. The van der Waals surface area contributed by atoms with Gasteiger partial charge in [0.2, 0.25) is 0 Å². The Labute approximate surface area is 120 Å². The van der Waals surface area contributed by atoms with Crippen LogP contribution in [0.25, 0.3) is 0 Å². The number of rotatable bonds is 8. The standard InChI is InChI=1S/C14H28O6/c1-3-5-7-19-13-9(15)11(17)14(12(18)10(13)16)20-8-6-4-2/h9-18H,3-8H2,1-2H3/t9-,10+,11-,12+,13-,14+. The Morgan fingerprint density at radius 2 is 0.950 bits per heavy atom. The molecule has 0 radical (unpaired) electrons. The van der Waals surface area contributed by atoms with Gasteiger partial charge in [-0.2, -0.15) is 0 Å². The van der Waals surface area contributed by atoms with Crippen molar-refractivity contribution in [2.45, 2.75) is 76.2 Å². The maximum Gasteiger partial charge on any atom is 0.114 e. The summed E-state index contributed by atoms with van der Waals surface area (Å²) in [4.78, 5) is 0. The molecule has 0 aromatic rings. The van der Waals surface area contributed by atoms with E-state index in [9.17, 15) is 20.4 Å². The van der Waals surface area contributed by atoms with Gasteiger partial charge < -0.3 is 29.9 Å². The Morgan fingerprint density at radius 3 is 1.20 bits per heavy atom. The summed E-state index contributed by atoms with van der Waals surface area (Å²) < 4.78 is 10.8. The van der Waals surface area contributed by atoms with Crippen molar-refractivity contribution >= 4 is 0 Å². The third-order valence-corrected chi connectivity index (χ3v) is 3.66. The van der Waals surface area contributed by atoms with E-state index in [4.69, 9.17) is 9.47 Å². The van der Waals surface area contributed by atoms with E-state index in [1.54, 1.807) is 0 Å². The molecule has 1 aliphatic rings. The van der Waals surface area contributed by atoms with Gasteiger partial charge in [-0.15, -0.1) is 0 Å². The van der Waals surface area contributed by atoms with Crippen LogP contribution in [0.1, 0.15) is 39.5 Å². The van der Waals surface area contributed by atoms with Crippen LogP contribution in [0.4, 0.5) is 0 Å². The molecule has 1 saturated carbocycles. The number of unbranched alkanes of at least 4 members (excludes halogenated alkanes) is 2. The SMILES string of the molecule is CCCCO[C@@H]1[C@H](O)[C@@H](O)[C@H](OCCCC)[C@@H](O)[C@@H]1O. The molecule has 0 aliphatic heterocycles. The summed E-state index contributed by atoms with van der Waals surface area (Å²) in [6, 6.07) is 0. The molecule has 0 heterocycles. The first-order valence-electron chi connectivity index (χ1n) is 7.50. The molecule has 0 aromatic heterocycles. The molecule has 1 fully saturated rings. The number of ether oxygens (including phenoxy) is 2. The van der Waals surface area contributed by atoms with Gasteiger partial charge >= 0.3 is 0 Å². The zero-order chi connectivity index (χ0) is 15.1. The van der Waals surface area contributed by atoms with Gasteiger partial charge in [-0.25, -0.2) is 0 Å². The second kappa shape index (κ2) is 8.92. The molecular weight excluding hydrogens is 264 g/mol. The predicted octanol–water partition coefficient (Wildman–Crippen LogP) is -0.186. The predicted molar refractivity (Wildman–Crippen MR) is 73.3 cm³/mol. The molecule has 20 heavy (non-hydrogen) atoms. The largest absolute Gasteiger partial charge is 0.387 e. The van der Waals surface area contributed by atoms with Crippen molar-refractivity contribution in [3.05, 3.63) is 0 Å². The molecule has 0 aromatic carbocycles. The lowest BCUT2D eigenvalue weighted by molar-refractivity contribution is -0.246. The molecule has 0 spiro atoms. The Morgan fingerprint density at radius 1 is 0.650 bits per heavy atom. The van der Waals surface area contributed by atoms with Gasteiger partial charge in [0.1, 0.15) is 36.6 Å². The van der Waals surface area contributed by atoms with Gasteiger partial charge in [-0.3, -0.25) is 0 Å². The fourth-order valence-electron chi connectivity index (χ4n) is 2.30. The van der Waals surface area contributed by atoms with Gasteiger partial charge in [0.15, 0.2) is 0 Å². The quantitative estimate of drug-likeness (QED) is 0.463. The lowest BCUT2D eigenvalue weighted by Gasteiger charge is -2.43. The Hall–Kier alpha value is -0.240. The number of hydrogen-bond donors (Lipinski definition) is 4. The minimum atomic E-state index is -1.27. The summed E-state index contributed by atoms with van der Waals surface area (Å²) >= 11 is 0. The van der Waals surface area contributed by atoms with E-state index in [1.807, 2.05) is 13.8 Å². The lowest BCUT2D eigenvalue weighted by Crippen LogP contribution is -2.65. The van der Waals surface area contributed by atoms with Crippen LogP contribution in [-0.4, -0.2) is 70.3 Å². The number of aliphatic hydroxyl groups is 4. The van der Waals surface area contributed by atoms with Crippen LogP contribution < -0.4 is 0 Å². The highest BCUT2D eigenvalue weighted by atomic mass is 16.5. The smallest absolute Gasteiger partial charge is 0.114 e. The molecule has 4 N–H and O–H groups in total. The molecule has 0 saturated heterocycles. The monoisotopic (exact) mass is 292 g/mol. The molecule has 6 atom stereocenters. The summed E-state index contributed by atoms with van der Waals surface area (Å²) in [5.74, 6) is 0. The second-order valence-corrected chi connectivity index (χ2v) is 5.34. The van der Waals surface area contributed by atoms with E-state index in [0.29, 0.717) is 13.2 Å². The molecule has 0 amide bonds. The second-order valence-electron chi connectivity index (χ2n) is 5.34. The molecule has 120 valence electrons. The van der Waals surface area contributed by atoms with Crippen molar-refractivity contribution in [3.63, 3.8) is 0 Å². The molecule has 0 unspecified atom stereocenters. The zero-order valence-electron chi connectivity index (χ0n) is 12.3. The van der Waals surface area contributed by atoms with Crippen molar-refractivity contribution in [3.8, 4) is 0 Å². The molecule has 0 bridgehead atoms. The molecular formula is C14H28O6. The van der Waals surface area contributed by atoms with Crippen molar-refractivity contribution < 1.29 is 29.9 Å². The van der Waals surface area contributed by atoms with Crippen LogP contribution in [0.2, 0.25) is 0 Å². The van der Waals surface area contributed by atoms with Crippen molar-refractivity contribution in [1.29, 1.82) is 0 Å². The van der Waals surface area contributed by atoms with Crippen LogP contribution in [0, 0.1) is 0 Å². The van der Waals surface area contributed by atoms with E-state index in [2.05, 4.69) is 0 Å². The Kier molecular flexibility index (Phi) is 7.94. The fraction of sp³-hybridized carbons (Fsp3) is 1.00. The van der Waals surface area contributed by atoms with E-state index < -0.39 is 36.6 Å². The van der Waals surface area contributed by atoms with Crippen molar-refractivity contribution in [1.82, 2.24) is 0 Å². The molecule has 6 nitrogen and oxygen atoms in total. The highest BCUT2D eigenvalue weighted by Gasteiger charge is 2.50. The molecule has 1 aliphatic carbocycles. The van der Waals surface area contributed by atoms with Gasteiger partial charge in [0.05, 0.1) is 0 Å². The Bertz CT molecular complexity index is 220. The van der Waals surface area contributed by atoms with E-state index >= 15 is 0 Å². The highest BCUT2D eigenvalue weighted by Crippen LogP contribution is 2.26. The lowest BCUT2D eigenvalue weighted by atomic mass is 9.84. The van der Waals surface area contributed by atoms with Gasteiger partial charge in [0.25, 0.3) is 0 Å². The molecule has 6 heteroatoms. The summed E-state index contributed by atoms with van der Waals surface area (Å²) in [5, 5.41) is 40.1. The first-order valence-corrected chi connectivity index (χ1v) is 7.50. The minimum Gasteiger partial charge on any atom is -0.387 e. The van der Waals surface area contributed by atoms with E-state index in [1.165, 1.54) is 0 Å². The third-order valence-electron chi connectivity index (χ3n) is 3.66. The van der Waals surface area contributed by atoms with E-state index in [-0.39, 0.29) is 0 Å². The van der Waals surface area contributed by atoms with Crippen LogP contribution in [0.3, 0.4) is 0 Å². The third kappa shape index (κ3) is 4.38. The summed E-state index contributed by atoms with van der Waals surface area (Å²) in [5.41, 5.74) is 0. The van der Waals surface area contributed by atoms with Crippen LogP contribution in [0.15, 0.2) is 0 Å². The van der Waals surface area contributed by atoms with Crippen LogP contribution in [-0.2, 0) is 9.47 Å². The highest BCUT2D eigenvalue weighted by molar-refractivity contribution is 5.00. The zero-order valence-corrected chi connectivity index (χ0v) is 12.3. The average molecular weight is 292 g/mol. The minimum absolute atomic E-state index is 0.371. The summed E-state index contributed by atoms with van der Waals surface area (Å²) in [7, 11) is 0. The maximum absolute atomic E-state index is 10.0. The maximum atomic E-state index is 10.0. The van der Waals surface area contributed by atoms with Gasteiger partial charge in [-0.05, 0) is 12.8 Å².